The second kappa shape index (κ2) is 26.8. The van der Waals surface area contributed by atoms with Crippen molar-refractivity contribution < 1.29 is 9.59 Å². The van der Waals surface area contributed by atoms with E-state index in [0.717, 1.165) is 112 Å². The average molecular weight is 1080 g/mol. The SMILES string of the molecule is CN(C)CC(=O)N1CCC(CN2CCN(c3ccc(Cl)cc3Cl)C(c3ccc(Cl)cc3)C2)CC1.Clc1ccc(C2CN(CC3CCNCC3)CCN2c2ccc(Cl)cc2Cl)cc1.O=C(Cl)CCl. The number of likely N-dealkylation sites (tertiary alicyclic amines) is 1. The van der Waals surface area contributed by atoms with Gasteiger partial charge in [0.2, 0.25) is 11.1 Å². The van der Waals surface area contributed by atoms with Crippen LogP contribution in [0.25, 0.3) is 0 Å². The second-order valence-electron chi connectivity index (χ2n) is 18.0. The Hall–Kier alpha value is -2.22. The molecule has 1 N–H and O–H groups in total. The highest BCUT2D eigenvalue weighted by Crippen LogP contribution is 2.39. The van der Waals surface area contributed by atoms with Crippen molar-refractivity contribution in [2.24, 2.45) is 11.8 Å². The molecule has 9 nitrogen and oxygen atoms in total. The standard InChI is InChI=1S/C26H33Cl3N4O.C22H26Cl3N3.C2H2Cl2O/c1-30(2)18-26(34)32-11-9-19(10-12-32)16-31-13-14-33(24-8-7-22(28)15-23(24)29)25(17-31)20-3-5-21(27)6-4-20;23-18-3-1-17(2-4-18)22-15-27(14-16-7-9-26-10-8-16)11-12-28(22)21-6-5-19(24)13-20(21)25;3-1-2(4)5/h3-8,15,19,25H,9-14,16-18H2,1-2H3;1-6,13,16,22,26H,7-12,14-15H2;1H2. The van der Waals surface area contributed by atoms with Gasteiger partial charge in [-0.15, -0.1) is 11.6 Å². The number of amides is 1. The minimum absolute atomic E-state index is 0.0957. The van der Waals surface area contributed by atoms with Gasteiger partial charge in [-0.2, -0.15) is 0 Å². The van der Waals surface area contributed by atoms with Crippen LogP contribution in [0.2, 0.25) is 30.1 Å². The van der Waals surface area contributed by atoms with Crippen LogP contribution in [0.4, 0.5) is 11.4 Å². The van der Waals surface area contributed by atoms with Gasteiger partial charge >= 0.3 is 0 Å². The number of alkyl halides is 1. The largest absolute Gasteiger partial charge is 0.361 e. The number of benzene rings is 4. The normalized spacial score (nSPS) is 20.0. The summed E-state index contributed by atoms with van der Waals surface area (Å²) in [6.07, 6.45) is 4.67. The molecule has 0 aromatic heterocycles. The van der Waals surface area contributed by atoms with Gasteiger partial charge in [-0.1, -0.05) is 93.9 Å². The van der Waals surface area contributed by atoms with Gasteiger partial charge in [-0.3, -0.25) is 19.4 Å². The summed E-state index contributed by atoms with van der Waals surface area (Å²) in [5.41, 5.74) is 4.56. The van der Waals surface area contributed by atoms with Gasteiger partial charge in [0, 0.05) is 85.5 Å². The summed E-state index contributed by atoms with van der Waals surface area (Å²) in [7, 11) is 3.89. The summed E-state index contributed by atoms with van der Waals surface area (Å²) in [5.74, 6) is 1.54. The van der Waals surface area contributed by atoms with Gasteiger partial charge in [0.05, 0.1) is 45.9 Å². The Balaban J connectivity index is 0.000000204. The van der Waals surface area contributed by atoms with Crippen LogP contribution in [0.3, 0.4) is 0 Å². The number of halogens is 8. The molecule has 0 bridgehead atoms. The minimum atomic E-state index is -0.508. The first kappa shape index (κ1) is 54.1. The Morgan fingerprint density at radius 3 is 1.37 bits per heavy atom. The van der Waals surface area contributed by atoms with Crippen molar-refractivity contribution in [3.8, 4) is 0 Å². The van der Waals surface area contributed by atoms with Gasteiger partial charge in [0.25, 0.3) is 0 Å². The summed E-state index contributed by atoms with van der Waals surface area (Å²) >= 11 is 47.3. The number of piperazine rings is 2. The van der Waals surface area contributed by atoms with E-state index in [2.05, 4.69) is 49.2 Å². The Bertz CT molecular complexity index is 2190. The monoisotopic (exact) mass is 1070 g/mol. The van der Waals surface area contributed by atoms with Gasteiger partial charge < -0.3 is 24.9 Å². The lowest BCUT2D eigenvalue weighted by atomic mass is 9.94. The first-order chi connectivity index (χ1) is 32.2. The zero-order valence-electron chi connectivity index (χ0n) is 38.1. The summed E-state index contributed by atoms with van der Waals surface area (Å²) < 4.78 is 0. The van der Waals surface area contributed by atoms with Crippen LogP contribution in [0.1, 0.15) is 48.9 Å². The molecule has 2 atom stereocenters. The summed E-state index contributed by atoms with van der Waals surface area (Å²) in [6, 6.07) is 28.3. The fourth-order valence-corrected chi connectivity index (χ4v) is 10.8. The maximum Gasteiger partial charge on any atom is 0.236 e. The highest BCUT2D eigenvalue weighted by Gasteiger charge is 2.33. The Morgan fingerprint density at radius 2 is 0.985 bits per heavy atom. The molecular formula is C50H61Cl8N7O2. The number of piperidine rings is 2. The fourth-order valence-electron chi connectivity index (χ4n) is 9.49. The zero-order valence-corrected chi connectivity index (χ0v) is 44.2. The van der Waals surface area contributed by atoms with E-state index in [9.17, 15) is 9.59 Å². The maximum absolute atomic E-state index is 12.4. The number of nitrogens with zero attached hydrogens (tertiary/aromatic N) is 6. The molecule has 4 aromatic rings. The third-order valence-electron chi connectivity index (χ3n) is 12.9. The van der Waals surface area contributed by atoms with Crippen LogP contribution in [0.5, 0.6) is 0 Å². The molecule has 0 radical (unpaired) electrons. The number of likely N-dealkylation sites (N-methyl/N-ethyl adjacent to an activating group) is 1. The lowest BCUT2D eigenvalue weighted by molar-refractivity contribution is -0.133. The molecule has 0 saturated carbocycles. The van der Waals surface area contributed by atoms with Crippen LogP contribution in [-0.2, 0) is 9.59 Å². The first-order valence-electron chi connectivity index (χ1n) is 22.9. The third-order valence-corrected chi connectivity index (χ3v) is 15.0. The Morgan fingerprint density at radius 1 is 0.582 bits per heavy atom. The molecule has 0 spiro atoms. The molecule has 4 aromatic carbocycles. The van der Waals surface area contributed by atoms with E-state index in [0.29, 0.717) is 32.6 Å². The van der Waals surface area contributed by atoms with Crippen molar-refractivity contribution in [1.82, 2.24) is 24.9 Å². The van der Waals surface area contributed by atoms with Crippen LogP contribution in [0, 0.1) is 11.8 Å². The van der Waals surface area contributed by atoms with Crippen molar-refractivity contribution in [3.05, 3.63) is 126 Å². The first-order valence-corrected chi connectivity index (χ1v) is 26.1. The molecule has 4 fully saturated rings. The number of carbonyl (C=O) groups is 2. The summed E-state index contributed by atoms with van der Waals surface area (Å²) in [5, 5.41) is 7.16. The third kappa shape index (κ3) is 16.4. The fraction of sp³-hybridized carbons (Fsp3) is 0.480. The molecule has 4 aliphatic heterocycles. The number of carbonyl (C=O) groups excluding carboxylic acids is 2. The van der Waals surface area contributed by atoms with E-state index in [4.69, 9.17) is 92.8 Å². The highest BCUT2D eigenvalue weighted by molar-refractivity contribution is 6.67. The highest BCUT2D eigenvalue weighted by atomic mass is 35.5. The van der Waals surface area contributed by atoms with Crippen LogP contribution >= 0.6 is 92.8 Å². The van der Waals surface area contributed by atoms with Crippen LogP contribution in [-0.4, -0.2) is 136 Å². The Labute approximate surface area is 437 Å². The van der Waals surface area contributed by atoms with E-state index < -0.39 is 5.24 Å². The molecule has 364 valence electrons. The number of nitrogens with one attached hydrogen (secondary N) is 1. The molecule has 4 saturated heterocycles. The van der Waals surface area contributed by atoms with Crippen molar-refractivity contribution in [2.75, 3.05) is 115 Å². The number of hydrogen-bond donors (Lipinski definition) is 1. The lowest BCUT2D eigenvalue weighted by Gasteiger charge is -2.45. The molecular weight excluding hydrogens is 1010 g/mol. The van der Waals surface area contributed by atoms with Gasteiger partial charge in [-0.25, -0.2) is 0 Å². The van der Waals surface area contributed by atoms with E-state index in [1.165, 1.54) is 30.5 Å². The zero-order chi connectivity index (χ0) is 48.0. The molecule has 1 amide bonds. The topological polar surface area (TPSA) is 65.6 Å². The lowest BCUT2D eigenvalue weighted by Crippen LogP contribution is -2.51. The molecule has 4 heterocycles. The Kier molecular flexibility index (Phi) is 21.7. The number of anilines is 2. The molecule has 17 heteroatoms. The maximum atomic E-state index is 12.4. The summed E-state index contributed by atoms with van der Waals surface area (Å²) in [6.45, 7) is 12.5. The van der Waals surface area contributed by atoms with Crippen molar-refractivity contribution in [3.63, 3.8) is 0 Å². The smallest absolute Gasteiger partial charge is 0.236 e. The summed E-state index contributed by atoms with van der Waals surface area (Å²) in [4.78, 5) is 35.8. The quantitative estimate of drug-likeness (QED) is 0.118. The second-order valence-corrected chi connectivity index (χ2v) is 21.2. The van der Waals surface area contributed by atoms with Crippen molar-refractivity contribution in [2.45, 2.75) is 37.8 Å². The van der Waals surface area contributed by atoms with E-state index >= 15 is 0 Å². The van der Waals surface area contributed by atoms with Crippen LogP contribution in [0.15, 0.2) is 84.9 Å². The predicted octanol–water partition coefficient (Wildman–Crippen LogP) is 11.8. The molecule has 0 aliphatic carbocycles. The average Bonchev–Trinajstić information content (AvgIpc) is 3.31. The molecule has 67 heavy (non-hydrogen) atoms. The van der Waals surface area contributed by atoms with Gasteiger partial charge in [-0.05, 0) is 148 Å². The van der Waals surface area contributed by atoms with Crippen molar-refractivity contribution >= 4 is 115 Å². The molecule has 4 aliphatic rings. The van der Waals surface area contributed by atoms with E-state index in [-0.39, 0.29) is 23.9 Å². The van der Waals surface area contributed by atoms with Crippen LogP contribution < -0.4 is 15.1 Å². The molecule has 2 unspecified atom stereocenters. The van der Waals surface area contributed by atoms with Crippen molar-refractivity contribution in [1.29, 1.82) is 0 Å². The minimum Gasteiger partial charge on any atom is -0.361 e. The number of rotatable bonds is 11. The predicted molar refractivity (Wildman–Crippen MR) is 284 cm³/mol. The van der Waals surface area contributed by atoms with E-state index in [1.807, 2.05) is 84.6 Å². The van der Waals surface area contributed by atoms with E-state index in [1.54, 1.807) is 0 Å². The van der Waals surface area contributed by atoms with Gasteiger partial charge in [0.1, 0.15) is 0 Å². The van der Waals surface area contributed by atoms with Gasteiger partial charge in [0.15, 0.2) is 0 Å². The molecule has 8 rings (SSSR count). The number of hydrogen-bond acceptors (Lipinski definition) is 8.